The number of methoxy groups -OCH3 is 1. The molecule has 1 aliphatic heterocycles. The number of pyridine rings is 1. The van der Waals surface area contributed by atoms with E-state index in [1.807, 2.05) is 19.1 Å². The van der Waals surface area contributed by atoms with Gasteiger partial charge in [0.1, 0.15) is 21.5 Å². The smallest absolute Gasteiger partial charge is 0.274 e. The Kier molecular flexibility index (Phi) is 6.59. The Balaban J connectivity index is 1.61. The first-order valence-electron chi connectivity index (χ1n) is 10.2. The predicted molar refractivity (Wildman–Crippen MR) is 116 cm³/mol. The van der Waals surface area contributed by atoms with Gasteiger partial charge in [-0.1, -0.05) is 6.07 Å². The van der Waals surface area contributed by atoms with Gasteiger partial charge in [-0.3, -0.25) is 14.3 Å². The molecule has 1 fully saturated rings. The van der Waals surface area contributed by atoms with Crippen molar-refractivity contribution in [2.24, 2.45) is 0 Å². The van der Waals surface area contributed by atoms with Crippen LogP contribution in [0.15, 0.2) is 30.6 Å². The van der Waals surface area contributed by atoms with Crippen LogP contribution in [0.5, 0.6) is 0 Å². The lowest BCUT2D eigenvalue weighted by Crippen LogP contribution is -2.42. The fourth-order valence-electron chi connectivity index (χ4n) is 3.61. The fraction of sp³-hybridized carbons (Fsp3) is 0.429. The molecule has 0 saturated carbocycles. The highest BCUT2D eigenvalue weighted by Crippen LogP contribution is 2.37. The van der Waals surface area contributed by atoms with Gasteiger partial charge in [-0.15, -0.1) is 11.3 Å². The Bertz CT molecular complexity index is 1080. The van der Waals surface area contributed by atoms with Gasteiger partial charge in [0.2, 0.25) is 0 Å². The van der Waals surface area contributed by atoms with E-state index in [-0.39, 0.29) is 11.8 Å². The molecule has 1 unspecified atom stereocenters. The van der Waals surface area contributed by atoms with Crippen molar-refractivity contribution in [3.05, 3.63) is 46.7 Å². The molecule has 3 aromatic heterocycles. The van der Waals surface area contributed by atoms with Gasteiger partial charge in [0.25, 0.3) is 11.8 Å². The van der Waals surface area contributed by atoms with Crippen molar-refractivity contribution in [3.63, 3.8) is 0 Å². The van der Waals surface area contributed by atoms with E-state index in [9.17, 15) is 9.59 Å². The second-order valence-electron chi connectivity index (χ2n) is 7.12. The maximum atomic E-state index is 13.0. The quantitative estimate of drug-likeness (QED) is 0.562. The van der Waals surface area contributed by atoms with E-state index in [0.29, 0.717) is 50.0 Å². The summed E-state index contributed by atoms with van der Waals surface area (Å²) < 4.78 is 12.8. The van der Waals surface area contributed by atoms with E-state index in [2.05, 4.69) is 15.4 Å². The van der Waals surface area contributed by atoms with E-state index in [4.69, 9.17) is 9.47 Å². The van der Waals surface area contributed by atoms with E-state index in [1.165, 1.54) is 11.3 Å². The van der Waals surface area contributed by atoms with Crippen LogP contribution in [0, 0.1) is 0 Å². The van der Waals surface area contributed by atoms with E-state index < -0.39 is 6.10 Å². The van der Waals surface area contributed by atoms with Gasteiger partial charge in [-0.25, -0.2) is 4.98 Å². The van der Waals surface area contributed by atoms with Crippen molar-refractivity contribution in [1.29, 1.82) is 0 Å². The zero-order valence-corrected chi connectivity index (χ0v) is 18.4. The molecule has 9 nitrogen and oxygen atoms in total. The van der Waals surface area contributed by atoms with Crippen LogP contribution >= 0.6 is 11.3 Å². The summed E-state index contributed by atoms with van der Waals surface area (Å²) in [5, 5.41) is 8.08. The third kappa shape index (κ3) is 4.46. The third-order valence-corrected chi connectivity index (χ3v) is 6.29. The average Bonchev–Trinajstić information content (AvgIpc) is 3.43. The molecule has 31 heavy (non-hydrogen) atoms. The lowest BCUT2D eigenvalue weighted by atomic mass is 10.0. The molecule has 10 heteroatoms. The molecule has 1 saturated heterocycles. The van der Waals surface area contributed by atoms with Crippen LogP contribution in [0.3, 0.4) is 0 Å². The number of hydrogen-bond donors (Lipinski definition) is 1. The zero-order chi connectivity index (χ0) is 21.8. The van der Waals surface area contributed by atoms with Crippen LogP contribution < -0.4 is 5.32 Å². The molecular formula is C21H25N5O4S. The van der Waals surface area contributed by atoms with Gasteiger partial charge in [-0.2, -0.15) is 5.10 Å². The van der Waals surface area contributed by atoms with Crippen molar-refractivity contribution >= 4 is 33.4 Å². The molecule has 4 rings (SSSR count). The number of aryl methyl sites for hydroxylation is 1. The lowest BCUT2D eigenvalue weighted by molar-refractivity contribution is -0.0224. The highest BCUT2D eigenvalue weighted by atomic mass is 32.1. The van der Waals surface area contributed by atoms with Crippen LogP contribution in [-0.2, 0) is 16.0 Å². The average molecular weight is 444 g/mol. The van der Waals surface area contributed by atoms with Crippen LogP contribution in [0.1, 0.15) is 38.8 Å². The number of amides is 2. The predicted octanol–water partition coefficient (Wildman–Crippen LogP) is 2.10. The third-order valence-electron chi connectivity index (χ3n) is 5.16. The summed E-state index contributed by atoms with van der Waals surface area (Å²) in [5.74, 6) is -0.326. The molecule has 0 aromatic carbocycles. The number of nitrogens with zero attached hydrogens (tertiary/aromatic N) is 4. The lowest BCUT2D eigenvalue weighted by Gasteiger charge is -2.33. The zero-order valence-electron chi connectivity index (χ0n) is 17.5. The summed E-state index contributed by atoms with van der Waals surface area (Å²) in [6, 6.07) is 5.51. The molecule has 1 N–H and O–H groups in total. The van der Waals surface area contributed by atoms with Gasteiger partial charge < -0.3 is 19.7 Å². The standard InChI is InChI=1S/C21H25N5O4S/c1-3-26-9-6-15(24-26)21(28)25-10-12-30-16(13-25)17-14-5-4-7-23-20(14)31-18(17)19(27)22-8-11-29-2/h4-7,9,16H,3,8,10-13H2,1-2H3,(H,22,27). The van der Waals surface area contributed by atoms with Gasteiger partial charge in [0, 0.05) is 50.1 Å². The minimum absolute atomic E-state index is 0.135. The van der Waals surface area contributed by atoms with Crippen LogP contribution in [0.4, 0.5) is 0 Å². The number of carbonyl (C=O) groups is 2. The van der Waals surface area contributed by atoms with Crippen LogP contribution in [-0.4, -0.2) is 71.4 Å². The minimum atomic E-state index is -0.424. The minimum Gasteiger partial charge on any atom is -0.383 e. The van der Waals surface area contributed by atoms with Crippen molar-refractivity contribution in [2.45, 2.75) is 19.6 Å². The number of carbonyl (C=O) groups excluding carboxylic acids is 2. The SMILES string of the molecule is CCn1ccc(C(=O)N2CCOC(c3c(C(=O)NCCOC)sc4ncccc34)C2)n1. The summed E-state index contributed by atoms with van der Waals surface area (Å²) in [7, 11) is 1.59. The monoisotopic (exact) mass is 443 g/mol. The number of rotatable bonds is 7. The maximum absolute atomic E-state index is 13.0. The number of ether oxygens (including phenoxy) is 2. The van der Waals surface area contributed by atoms with Gasteiger partial charge in [-0.05, 0) is 19.1 Å². The van der Waals surface area contributed by atoms with Crippen molar-refractivity contribution in [3.8, 4) is 0 Å². The van der Waals surface area contributed by atoms with E-state index in [0.717, 1.165) is 15.8 Å². The Morgan fingerprint density at radius 3 is 3.03 bits per heavy atom. The topological polar surface area (TPSA) is 98.6 Å². The summed E-state index contributed by atoms with van der Waals surface area (Å²) in [4.78, 5) is 33.4. The Morgan fingerprint density at radius 2 is 2.26 bits per heavy atom. The van der Waals surface area contributed by atoms with Crippen LogP contribution in [0.2, 0.25) is 0 Å². The Morgan fingerprint density at radius 1 is 1.39 bits per heavy atom. The largest absolute Gasteiger partial charge is 0.383 e. The maximum Gasteiger partial charge on any atom is 0.274 e. The Labute approximate surface area is 184 Å². The fourth-order valence-corrected chi connectivity index (χ4v) is 4.72. The number of morpholine rings is 1. The second kappa shape index (κ2) is 9.54. The number of fused-ring (bicyclic) bond motifs is 1. The molecule has 2 amide bonds. The summed E-state index contributed by atoms with van der Waals surface area (Å²) >= 11 is 1.33. The molecule has 3 aromatic rings. The first-order chi connectivity index (χ1) is 15.1. The van der Waals surface area contributed by atoms with Crippen molar-refractivity contribution < 1.29 is 19.1 Å². The number of aromatic nitrogens is 3. The normalized spacial score (nSPS) is 16.6. The van der Waals surface area contributed by atoms with Gasteiger partial charge in [0.05, 0.1) is 19.8 Å². The number of hydrogen-bond acceptors (Lipinski definition) is 7. The molecule has 0 spiro atoms. The summed E-state index contributed by atoms with van der Waals surface area (Å²) in [6.07, 6.45) is 3.08. The first-order valence-corrected chi connectivity index (χ1v) is 11.0. The molecule has 1 aliphatic rings. The van der Waals surface area contributed by atoms with Crippen molar-refractivity contribution in [2.75, 3.05) is 40.0 Å². The van der Waals surface area contributed by atoms with E-state index >= 15 is 0 Å². The molecular weight excluding hydrogens is 418 g/mol. The van der Waals surface area contributed by atoms with Crippen molar-refractivity contribution in [1.82, 2.24) is 25.0 Å². The second-order valence-corrected chi connectivity index (χ2v) is 8.12. The molecule has 0 radical (unpaired) electrons. The molecule has 4 heterocycles. The van der Waals surface area contributed by atoms with Gasteiger partial charge in [0.15, 0.2) is 0 Å². The molecule has 164 valence electrons. The molecule has 0 aliphatic carbocycles. The molecule has 1 atom stereocenters. The van der Waals surface area contributed by atoms with E-state index in [1.54, 1.807) is 35.2 Å². The number of thiophene rings is 1. The highest BCUT2D eigenvalue weighted by Gasteiger charge is 2.32. The van der Waals surface area contributed by atoms with Crippen LogP contribution in [0.25, 0.3) is 10.2 Å². The highest BCUT2D eigenvalue weighted by molar-refractivity contribution is 7.20. The summed E-state index contributed by atoms with van der Waals surface area (Å²) in [6.45, 7) is 4.72. The Hall–Kier alpha value is -2.82. The summed E-state index contributed by atoms with van der Waals surface area (Å²) in [5.41, 5.74) is 1.19. The van der Waals surface area contributed by atoms with Gasteiger partial charge >= 0.3 is 0 Å². The number of nitrogens with one attached hydrogen (secondary N) is 1. The molecule has 0 bridgehead atoms. The first kappa shape index (κ1) is 21.4.